The molecule has 0 amide bonds. The molecule has 1 aromatic carbocycles. The molecule has 0 fully saturated rings. The van der Waals surface area contributed by atoms with Gasteiger partial charge >= 0.3 is 0 Å². The van der Waals surface area contributed by atoms with E-state index in [1.54, 1.807) is 7.11 Å². The molecule has 1 N–H and O–H groups in total. The topological polar surface area (TPSA) is 56.3 Å². The molecule has 0 saturated carbocycles. The summed E-state index contributed by atoms with van der Waals surface area (Å²) in [5.74, 6) is 1.96. The fourth-order valence-electron chi connectivity index (χ4n) is 3.08. The number of nitrogens with zero attached hydrogens (tertiary/aromatic N) is 2. The smallest absolute Gasteiger partial charge is 0.257 e. The Labute approximate surface area is 180 Å². The SMILES string of the molecule is CCCCCNc1nc(CC)c(-c2ccc(OCCCCC)cc2Cl)nc1OC. The van der Waals surface area contributed by atoms with Gasteiger partial charge in [-0.15, -0.1) is 0 Å². The molecule has 0 unspecified atom stereocenters. The predicted molar refractivity (Wildman–Crippen MR) is 121 cm³/mol. The first-order chi connectivity index (χ1) is 14.1. The Kier molecular flexibility index (Phi) is 10.1. The minimum Gasteiger partial charge on any atom is -0.494 e. The third-order valence-corrected chi connectivity index (χ3v) is 5.06. The van der Waals surface area contributed by atoms with E-state index in [4.69, 9.17) is 31.0 Å². The van der Waals surface area contributed by atoms with Crippen LogP contribution in [-0.4, -0.2) is 30.2 Å². The van der Waals surface area contributed by atoms with E-state index in [1.165, 1.54) is 25.7 Å². The van der Waals surface area contributed by atoms with E-state index in [0.29, 0.717) is 23.3 Å². The number of benzene rings is 1. The number of unbranched alkanes of at least 4 members (excludes halogenated alkanes) is 4. The normalized spacial score (nSPS) is 10.8. The van der Waals surface area contributed by atoms with Gasteiger partial charge in [0.05, 0.1) is 30.1 Å². The fourth-order valence-corrected chi connectivity index (χ4v) is 3.34. The molecular formula is C23H34ClN3O2. The Hall–Kier alpha value is -2.01. The second-order valence-electron chi connectivity index (χ2n) is 7.06. The van der Waals surface area contributed by atoms with Crippen molar-refractivity contribution in [1.82, 2.24) is 9.97 Å². The van der Waals surface area contributed by atoms with Gasteiger partial charge in [-0.3, -0.25) is 0 Å². The van der Waals surface area contributed by atoms with Gasteiger partial charge in [0.2, 0.25) is 0 Å². The number of hydrogen-bond donors (Lipinski definition) is 1. The monoisotopic (exact) mass is 419 g/mol. The summed E-state index contributed by atoms with van der Waals surface area (Å²) in [6.45, 7) is 8.00. The van der Waals surface area contributed by atoms with E-state index < -0.39 is 0 Å². The largest absolute Gasteiger partial charge is 0.494 e. The van der Waals surface area contributed by atoms with Crippen molar-refractivity contribution >= 4 is 17.4 Å². The van der Waals surface area contributed by atoms with Crippen molar-refractivity contribution in [3.63, 3.8) is 0 Å². The summed E-state index contributed by atoms with van der Waals surface area (Å²) in [4.78, 5) is 9.52. The van der Waals surface area contributed by atoms with Crippen LogP contribution in [0.4, 0.5) is 5.82 Å². The Balaban J connectivity index is 2.24. The molecule has 0 radical (unpaired) electrons. The number of hydrogen-bond acceptors (Lipinski definition) is 5. The van der Waals surface area contributed by atoms with E-state index in [-0.39, 0.29) is 0 Å². The summed E-state index contributed by atoms with van der Waals surface area (Å²) < 4.78 is 11.3. The second-order valence-corrected chi connectivity index (χ2v) is 7.47. The fraction of sp³-hybridized carbons (Fsp3) is 0.565. The first-order valence-corrected chi connectivity index (χ1v) is 11.1. The number of aromatic nitrogens is 2. The quantitative estimate of drug-likeness (QED) is 0.373. The molecule has 0 atom stereocenters. The standard InChI is InChI=1S/C23H34ClN3O2/c1-5-8-10-14-25-22-23(28-4)27-21(20(7-3)26-22)18-13-12-17(16-19(18)24)29-15-11-9-6-2/h12-13,16H,5-11,14-15H2,1-4H3,(H,25,26). The van der Waals surface area contributed by atoms with Crippen molar-refractivity contribution in [1.29, 1.82) is 0 Å². The van der Waals surface area contributed by atoms with Crippen LogP contribution in [0.5, 0.6) is 11.6 Å². The molecule has 1 aromatic heterocycles. The van der Waals surface area contributed by atoms with E-state index in [1.807, 2.05) is 18.2 Å². The lowest BCUT2D eigenvalue weighted by Crippen LogP contribution is -2.09. The average molecular weight is 420 g/mol. The summed E-state index contributed by atoms with van der Waals surface area (Å²) in [5, 5.41) is 3.96. The van der Waals surface area contributed by atoms with Crippen LogP contribution in [0.1, 0.15) is 65.0 Å². The Morgan fingerprint density at radius 1 is 1.00 bits per heavy atom. The molecule has 1 heterocycles. The van der Waals surface area contributed by atoms with Crippen molar-refractivity contribution in [3.8, 4) is 22.9 Å². The first-order valence-electron chi connectivity index (χ1n) is 10.8. The predicted octanol–water partition coefficient (Wildman–Crippen LogP) is 6.54. The highest BCUT2D eigenvalue weighted by molar-refractivity contribution is 6.33. The molecule has 0 aliphatic rings. The molecule has 160 valence electrons. The van der Waals surface area contributed by atoms with Crippen LogP contribution in [0, 0.1) is 0 Å². The minimum atomic E-state index is 0.490. The van der Waals surface area contributed by atoms with Gasteiger partial charge in [0.15, 0.2) is 5.82 Å². The molecule has 2 aromatic rings. The third kappa shape index (κ3) is 6.77. The van der Waals surface area contributed by atoms with Gasteiger partial charge < -0.3 is 14.8 Å². The minimum absolute atomic E-state index is 0.490. The molecule has 5 nitrogen and oxygen atoms in total. The number of ether oxygens (including phenoxy) is 2. The highest BCUT2D eigenvalue weighted by Gasteiger charge is 2.17. The van der Waals surface area contributed by atoms with E-state index in [2.05, 4.69) is 26.1 Å². The van der Waals surface area contributed by atoms with Crippen LogP contribution in [0.15, 0.2) is 18.2 Å². The van der Waals surface area contributed by atoms with Crippen molar-refractivity contribution in [2.45, 2.75) is 65.7 Å². The Bertz CT molecular complexity index is 768. The van der Waals surface area contributed by atoms with Crippen molar-refractivity contribution < 1.29 is 9.47 Å². The maximum Gasteiger partial charge on any atom is 0.257 e. The van der Waals surface area contributed by atoms with E-state index >= 15 is 0 Å². The van der Waals surface area contributed by atoms with Crippen molar-refractivity contribution in [3.05, 3.63) is 28.9 Å². The Morgan fingerprint density at radius 3 is 2.41 bits per heavy atom. The van der Waals surface area contributed by atoms with Crippen molar-refractivity contribution in [2.24, 2.45) is 0 Å². The first kappa shape index (κ1) is 23.3. The van der Waals surface area contributed by atoms with Crippen LogP contribution in [0.25, 0.3) is 11.3 Å². The number of methoxy groups -OCH3 is 1. The van der Waals surface area contributed by atoms with Gasteiger partial charge in [-0.2, -0.15) is 0 Å². The molecule has 6 heteroatoms. The molecular weight excluding hydrogens is 386 g/mol. The Morgan fingerprint density at radius 2 is 1.76 bits per heavy atom. The molecule has 0 aliphatic carbocycles. The number of rotatable bonds is 13. The number of halogens is 1. The molecule has 29 heavy (non-hydrogen) atoms. The number of anilines is 1. The highest BCUT2D eigenvalue weighted by atomic mass is 35.5. The van der Waals surface area contributed by atoms with Gasteiger partial charge in [-0.1, -0.05) is 58.1 Å². The van der Waals surface area contributed by atoms with Crippen LogP contribution < -0.4 is 14.8 Å². The molecule has 0 saturated heterocycles. The van der Waals surface area contributed by atoms with E-state index in [0.717, 1.165) is 48.5 Å². The van der Waals surface area contributed by atoms with E-state index in [9.17, 15) is 0 Å². The number of nitrogens with one attached hydrogen (secondary N) is 1. The summed E-state index contributed by atoms with van der Waals surface area (Å²) in [6.07, 6.45) is 7.60. The molecule has 0 spiro atoms. The van der Waals surface area contributed by atoms with Gasteiger partial charge in [0.1, 0.15) is 5.75 Å². The van der Waals surface area contributed by atoms with Gasteiger partial charge in [0, 0.05) is 12.1 Å². The molecule has 0 aliphatic heterocycles. The lowest BCUT2D eigenvalue weighted by atomic mass is 10.1. The lowest BCUT2D eigenvalue weighted by Gasteiger charge is -2.15. The summed E-state index contributed by atoms with van der Waals surface area (Å²) in [7, 11) is 1.62. The second kappa shape index (κ2) is 12.5. The van der Waals surface area contributed by atoms with Crippen LogP contribution in [-0.2, 0) is 6.42 Å². The summed E-state index contributed by atoms with van der Waals surface area (Å²) in [5.41, 5.74) is 2.49. The van der Waals surface area contributed by atoms with Gasteiger partial charge in [-0.05, 0) is 37.5 Å². The van der Waals surface area contributed by atoms with Crippen LogP contribution in [0.3, 0.4) is 0 Å². The van der Waals surface area contributed by atoms with Crippen LogP contribution >= 0.6 is 11.6 Å². The summed E-state index contributed by atoms with van der Waals surface area (Å²) in [6, 6.07) is 5.75. The zero-order valence-electron chi connectivity index (χ0n) is 18.2. The van der Waals surface area contributed by atoms with Crippen molar-refractivity contribution in [2.75, 3.05) is 25.6 Å². The molecule has 2 rings (SSSR count). The molecule has 0 bridgehead atoms. The summed E-state index contributed by atoms with van der Waals surface area (Å²) >= 11 is 6.58. The number of aryl methyl sites for hydroxylation is 1. The average Bonchev–Trinajstić information content (AvgIpc) is 2.74. The highest BCUT2D eigenvalue weighted by Crippen LogP contribution is 2.34. The van der Waals surface area contributed by atoms with Gasteiger partial charge in [0.25, 0.3) is 5.88 Å². The zero-order chi connectivity index (χ0) is 21.1. The third-order valence-electron chi connectivity index (χ3n) is 4.75. The lowest BCUT2D eigenvalue weighted by molar-refractivity contribution is 0.306. The zero-order valence-corrected chi connectivity index (χ0v) is 18.9. The van der Waals surface area contributed by atoms with Crippen LogP contribution in [0.2, 0.25) is 5.02 Å². The van der Waals surface area contributed by atoms with Gasteiger partial charge in [-0.25, -0.2) is 9.97 Å². The maximum atomic E-state index is 6.58. The maximum absolute atomic E-state index is 6.58.